The van der Waals surface area contributed by atoms with Crippen LogP contribution in [0.3, 0.4) is 0 Å². The van der Waals surface area contributed by atoms with E-state index in [0.717, 1.165) is 25.9 Å². The minimum atomic E-state index is -0.134. The van der Waals surface area contributed by atoms with E-state index in [1.54, 1.807) is 0 Å². The van der Waals surface area contributed by atoms with Crippen LogP contribution < -0.4 is 16.4 Å². The average molecular weight is 211 g/mol. The molecule has 1 aliphatic carbocycles. The third kappa shape index (κ3) is 2.69. The molecule has 4 nitrogen and oxygen atoms in total. The maximum absolute atomic E-state index is 11.6. The topological polar surface area (TPSA) is 67.1 Å². The van der Waals surface area contributed by atoms with Crippen LogP contribution in [0.15, 0.2) is 0 Å². The molecule has 1 aliphatic heterocycles. The third-order valence-corrected chi connectivity index (χ3v) is 3.62. The van der Waals surface area contributed by atoms with Crippen LogP contribution >= 0.6 is 0 Å². The Morgan fingerprint density at radius 1 is 1.33 bits per heavy atom. The average Bonchev–Trinajstić information content (AvgIpc) is 2.14. The zero-order valence-electron chi connectivity index (χ0n) is 9.22. The van der Waals surface area contributed by atoms with E-state index in [0.29, 0.717) is 6.54 Å². The molecule has 0 radical (unpaired) electrons. The lowest BCUT2D eigenvalue weighted by Crippen LogP contribution is -2.56. The summed E-state index contributed by atoms with van der Waals surface area (Å²) in [5, 5.41) is 6.09. The fraction of sp³-hybridized carbons (Fsp3) is 0.909. The smallest absolute Gasteiger partial charge is 0.225 e. The van der Waals surface area contributed by atoms with Gasteiger partial charge in [0.1, 0.15) is 0 Å². The van der Waals surface area contributed by atoms with Gasteiger partial charge in [-0.2, -0.15) is 0 Å². The fourth-order valence-corrected chi connectivity index (χ4v) is 2.31. The molecule has 0 bridgehead atoms. The summed E-state index contributed by atoms with van der Waals surface area (Å²) in [6, 6.07) is 0. The summed E-state index contributed by atoms with van der Waals surface area (Å²) in [6.07, 6.45) is 5.81. The van der Waals surface area contributed by atoms with Gasteiger partial charge in [-0.25, -0.2) is 0 Å². The molecule has 0 aromatic carbocycles. The number of hydrogen-bond acceptors (Lipinski definition) is 3. The number of hydrogen-bond donors (Lipinski definition) is 3. The van der Waals surface area contributed by atoms with Crippen LogP contribution in [0.4, 0.5) is 0 Å². The highest BCUT2D eigenvalue weighted by Gasteiger charge is 2.30. The van der Waals surface area contributed by atoms with Gasteiger partial charge in [0.15, 0.2) is 0 Å². The minimum absolute atomic E-state index is 0.134. The van der Waals surface area contributed by atoms with Gasteiger partial charge in [0.2, 0.25) is 5.91 Å². The first-order chi connectivity index (χ1) is 7.20. The van der Waals surface area contributed by atoms with E-state index in [1.165, 1.54) is 19.3 Å². The molecule has 0 spiro atoms. The molecule has 15 heavy (non-hydrogen) atoms. The zero-order valence-corrected chi connectivity index (χ0v) is 9.22. The van der Waals surface area contributed by atoms with E-state index in [9.17, 15) is 4.79 Å². The van der Waals surface area contributed by atoms with Crippen LogP contribution in [0.2, 0.25) is 0 Å². The molecule has 2 rings (SSSR count). The first-order valence-corrected chi connectivity index (χ1v) is 5.97. The van der Waals surface area contributed by atoms with Crippen LogP contribution in [0.1, 0.15) is 32.1 Å². The Kier molecular flexibility index (Phi) is 3.26. The summed E-state index contributed by atoms with van der Waals surface area (Å²) >= 11 is 0. The lowest BCUT2D eigenvalue weighted by atomic mass is 9.82. The maximum Gasteiger partial charge on any atom is 0.225 e. The molecule has 4 heteroatoms. The molecule has 2 aliphatic rings. The van der Waals surface area contributed by atoms with Gasteiger partial charge in [0, 0.05) is 25.2 Å². The Hall–Kier alpha value is -0.610. The van der Waals surface area contributed by atoms with E-state index in [1.807, 2.05) is 0 Å². The van der Waals surface area contributed by atoms with E-state index in [2.05, 4.69) is 10.6 Å². The van der Waals surface area contributed by atoms with Crippen molar-refractivity contribution in [2.75, 3.05) is 19.6 Å². The lowest BCUT2D eigenvalue weighted by Gasteiger charge is -2.35. The number of nitrogens with two attached hydrogens (primary N) is 1. The van der Waals surface area contributed by atoms with Crippen molar-refractivity contribution in [3.8, 4) is 0 Å². The summed E-state index contributed by atoms with van der Waals surface area (Å²) in [5.41, 5.74) is 6.10. The van der Waals surface area contributed by atoms with Gasteiger partial charge in [-0.05, 0) is 12.8 Å². The van der Waals surface area contributed by atoms with Gasteiger partial charge >= 0.3 is 0 Å². The Labute approximate surface area is 91.0 Å². The number of carbonyl (C=O) groups excluding carboxylic acids is 1. The van der Waals surface area contributed by atoms with Crippen molar-refractivity contribution in [3.63, 3.8) is 0 Å². The van der Waals surface area contributed by atoms with Gasteiger partial charge in [-0.1, -0.05) is 19.3 Å². The summed E-state index contributed by atoms with van der Waals surface area (Å²) < 4.78 is 0. The van der Waals surface area contributed by atoms with Crippen molar-refractivity contribution in [1.82, 2.24) is 10.6 Å². The summed E-state index contributed by atoms with van der Waals surface area (Å²) in [7, 11) is 0. The van der Waals surface area contributed by atoms with Gasteiger partial charge in [-0.15, -0.1) is 0 Å². The number of amides is 1. The van der Waals surface area contributed by atoms with Crippen molar-refractivity contribution in [2.24, 2.45) is 11.7 Å². The molecular weight excluding hydrogens is 190 g/mol. The lowest BCUT2D eigenvalue weighted by molar-refractivity contribution is -0.126. The first kappa shape index (κ1) is 10.9. The Morgan fingerprint density at radius 2 is 2.00 bits per heavy atom. The molecule has 1 saturated carbocycles. The maximum atomic E-state index is 11.6. The zero-order chi connectivity index (χ0) is 10.7. The molecule has 4 N–H and O–H groups in total. The molecule has 0 aromatic rings. The van der Waals surface area contributed by atoms with Gasteiger partial charge in [0.25, 0.3) is 0 Å². The second kappa shape index (κ2) is 4.49. The van der Waals surface area contributed by atoms with Crippen molar-refractivity contribution < 1.29 is 4.79 Å². The normalized spacial score (nSPS) is 25.7. The predicted octanol–water partition coefficient (Wildman–Crippen LogP) is -0.0164. The molecule has 2 fully saturated rings. The van der Waals surface area contributed by atoms with E-state index < -0.39 is 0 Å². The van der Waals surface area contributed by atoms with Crippen LogP contribution in [-0.4, -0.2) is 31.1 Å². The second-order valence-electron chi connectivity index (χ2n) is 5.00. The first-order valence-electron chi connectivity index (χ1n) is 5.97. The van der Waals surface area contributed by atoms with Gasteiger partial charge in [-0.3, -0.25) is 4.79 Å². The Morgan fingerprint density at radius 3 is 2.53 bits per heavy atom. The Balaban J connectivity index is 1.73. The monoisotopic (exact) mass is 211 g/mol. The van der Waals surface area contributed by atoms with Crippen LogP contribution in [0.25, 0.3) is 0 Å². The van der Waals surface area contributed by atoms with Crippen molar-refractivity contribution in [1.29, 1.82) is 0 Å². The molecule has 1 amide bonds. The SMILES string of the molecule is NC1(CNC(=O)C2CNC2)CCCCC1. The van der Waals surface area contributed by atoms with E-state index >= 15 is 0 Å². The highest BCUT2D eigenvalue weighted by molar-refractivity contribution is 5.80. The standard InChI is InChI=1S/C11H21N3O/c12-11(4-2-1-3-5-11)8-14-10(15)9-6-13-7-9/h9,13H,1-8,12H2,(H,14,15). The quantitative estimate of drug-likeness (QED) is 0.615. The van der Waals surface area contributed by atoms with Gasteiger partial charge < -0.3 is 16.4 Å². The van der Waals surface area contributed by atoms with E-state index in [-0.39, 0.29) is 17.4 Å². The van der Waals surface area contributed by atoms with Crippen LogP contribution in [-0.2, 0) is 4.79 Å². The summed E-state index contributed by atoms with van der Waals surface area (Å²) in [6.45, 7) is 2.30. The van der Waals surface area contributed by atoms with Crippen LogP contribution in [0, 0.1) is 5.92 Å². The molecule has 0 aromatic heterocycles. The molecule has 0 atom stereocenters. The van der Waals surface area contributed by atoms with Crippen LogP contribution in [0.5, 0.6) is 0 Å². The summed E-state index contributed by atoms with van der Waals surface area (Å²) in [4.78, 5) is 11.6. The van der Waals surface area contributed by atoms with Gasteiger partial charge in [0.05, 0.1) is 5.92 Å². The van der Waals surface area contributed by atoms with Crippen molar-refractivity contribution in [3.05, 3.63) is 0 Å². The molecule has 86 valence electrons. The molecular formula is C11H21N3O. The van der Waals surface area contributed by atoms with Crippen molar-refractivity contribution in [2.45, 2.75) is 37.6 Å². The van der Waals surface area contributed by atoms with Crippen molar-refractivity contribution >= 4 is 5.91 Å². The molecule has 0 unspecified atom stereocenters. The third-order valence-electron chi connectivity index (χ3n) is 3.62. The molecule has 1 saturated heterocycles. The largest absolute Gasteiger partial charge is 0.354 e. The number of carbonyl (C=O) groups is 1. The number of nitrogens with one attached hydrogen (secondary N) is 2. The number of rotatable bonds is 3. The predicted molar refractivity (Wildman–Crippen MR) is 59.4 cm³/mol. The van der Waals surface area contributed by atoms with E-state index in [4.69, 9.17) is 5.73 Å². The highest BCUT2D eigenvalue weighted by Crippen LogP contribution is 2.25. The summed E-state index contributed by atoms with van der Waals surface area (Å²) in [5.74, 6) is 0.348. The minimum Gasteiger partial charge on any atom is -0.354 e. The highest BCUT2D eigenvalue weighted by atomic mass is 16.2. The molecule has 1 heterocycles. The second-order valence-corrected chi connectivity index (χ2v) is 5.00. The fourth-order valence-electron chi connectivity index (χ4n) is 2.31. The Bertz CT molecular complexity index is 232.